The van der Waals surface area contributed by atoms with E-state index in [-0.39, 0.29) is 17.7 Å². The van der Waals surface area contributed by atoms with E-state index >= 15 is 0 Å². The molecule has 3 heterocycles. The number of rotatable bonds is 3. The van der Waals surface area contributed by atoms with E-state index in [1.165, 1.54) is 18.2 Å². The summed E-state index contributed by atoms with van der Waals surface area (Å²) in [5.74, 6) is 0.360. The van der Waals surface area contributed by atoms with Crippen molar-refractivity contribution in [3.8, 4) is 17.3 Å². The van der Waals surface area contributed by atoms with Crippen LogP contribution in [0, 0.1) is 12.7 Å². The van der Waals surface area contributed by atoms with E-state index < -0.39 is 6.10 Å². The Bertz CT molecular complexity index is 956. The quantitative estimate of drug-likeness (QED) is 0.763. The number of carbonyl (C=O) groups excluding carboxylic acids is 1. The molecular formula is C17H14FN5O2. The summed E-state index contributed by atoms with van der Waals surface area (Å²) in [6.45, 7) is 1.88. The van der Waals surface area contributed by atoms with E-state index in [9.17, 15) is 9.18 Å². The average molecular weight is 339 g/mol. The Labute approximate surface area is 142 Å². The van der Waals surface area contributed by atoms with Crippen molar-refractivity contribution in [3.05, 3.63) is 53.5 Å². The molecule has 0 spiro atoms. The van der Waals surface area contributed by atoms with E-state index in [4.69, 9.17) is 4.74 Å². The molecule has 1 atom stereocenters. The summed E-state index contributed by atoms with van der Waals surface area (Å²) in [5.41, 5.74) is 2.15. The first-order valence-corrected chi connectivity index (χ1v) is 7.71. The molecule has 1 aliphatic rings. The zero-order chi connectivity index (χ0) is 17.4. The van der Waals surface area contributed by atoms with Crippen molar-refractivity contribution in [1.82, 2.24) is 20.2 Å². The van der Waals surface area contributed by atoms with E-state index in [1.54, 1.807) is 6.07 Å². The fraction of sp³-hybridized carbons (Fsp3) is 0.176. The van der Waals surface area contributed by atoms with Gasteiger partial charge in [-0.05, 0) is 37.3 Å². The Balaban J connectivity index is 1.46. The molecule has 4 rings (SSSR count). The van der Waals surface area contributed by atoms with E-state index in [0.29, 0.717) is 29.3 Å². The van der Waals surface area contributed by atoms with E-state index in [2.05, 4.69) is 25.5 Å². The highest BCUT2D eigenvalue weighted by Crippen LogP contribution is 2.29. The Morgan fingerprint density at radius 3 is 3.04 bits per heavy atom. The lowest BCUT2D eigenvalue weighted by atomic mass is 10.1. The van der Waals surface area contributed by atoms with Gasteiger partial charge < -0.3 is 4.74 Å². The van der Waals surface area contributed by atoms with Crippen molar-refractivity contribution in [3.63, 3.8) is 0 Å². The molecule has 0 fully saturated rings. The molecule has 25 heavy (non-hydrogen) atoms. The number of carbonyl (C=O) groups is 1. The Morgan fingerprint density at radius 1 is 1.32 bits per heavy atom. The zero-order valence-corrected chi connectivity index (χ0v) is 13.3. The number of aromatic nitrogens is 4. The third kappa shape index (κ3) is 3.06. The predicted molar refractivity (Wildman–Crippen MR) is 87.5 cm³/mol. The number of anilines is 1. The van der Waals surface area contributed by atoms with Gasteiger partial charge in [0.2, 0.25) is 5.95 Å². The smallest absolute Gasteiger partial charge is 0.268 e. The molecule has 0 unspecified atom stereocenters. The Morgan fingerprint density at radius 2 is 2.20 bits per heavy atom. The predicted octanol–water partition coefficient (Wildman–Crippen LogP) is 2.26. The molecule has 7 nitrogen and oxygen atoms in total. The van der Waals surface area contributed by atoms with Crippen LogP contribution in [0.15, 0.2) is 36.4 Å². The third-order valence-corrected chi connectivity index (χ3v) is 3.84. The van der Waals surface area contributed by atoms with Gasteiger partial charge in [0.25, 0.3) is 5.91 Å². The number of ether oxygens (including phenoxy) is 1. The number of fused-ring (bicyclic) bond motifs is 1. The molecule has 2 aromatic heterocycles. The molecule has 126 valence electrons. The molecule has 0 saturated heterocycles. The number of aromatic amines is 1. The van der Waals surface area contributed by atoms with Crippen LogP contribution in [-0.2, 0) is 11.2 Å². The van der Waals surface area contributed by atoms with E-state index in [1.807, 2.05) is 19.1 Å². The number of halogens is 1. The van der Waals surface area contributed by atoms with Gasteiger partial charge in [-0.1, -0.05) is 6.07 Å². The number of benzene rings is 1. The van der Waals surface area contributed by atoms with E-state index in [0.717, 1.165) is 5.69 Å². The standard InChI is InChI=1S/C17H14FN5O2/c1-9-3-2-4-12(19-9)15-20-17(23-22-15)21-16(24)14-8-10-7-11(18)5-6-13(10)25-14/h2-7,14H,8H2,1H3,(H2,20,21,22,23,24)/t14-/m1/s1. The highest BCUT2D eigenvalue weighted by Gasteiger charge is 2.30. The van der Waals surface area contributed by atoms with Gasteiger partial charge in [-0.25, -0.2) is 9.37 Å². The summed E-state index contributed by atoms with van der Waals surface area (Å²) in [7, 11) is 0. The van der Waals surface area contributed by atoms with Gasteiger partial charge in [-0.2, -0.15) is 4.98 Å². The van der Waals surface area contributed by atoms with Crippen LogP contribution in [-0.4, -0.2) is 32.2 Å². The van der Waals surface area contributed by atoms with Gasteiger partial charge >= 0.3 is 0 Å². The van der Waals surface area contributed by atoms with Crippen LogP contribution in [0.25, 0.3) is 11.5 Å². The molecule has 1 amide bonds. The van der Waals surface area contributed by atoms with Crippen molar-refractivity contribution in [1.29, 1.82) is 0 Å². The molecular weight excluding hydrogens is 325 g/mol. The van der Waals surface area contributed by atoms with Gasteiger partial charge in [0.1, 0.15) is 17.3 Å². The minimum absolute atomic E-state index is 0.133. The van der Waals surface area contributed by atoms with Crippen LogP contribution in [0.4, 0.5) is 10.3 Å². The SMILES string of the molecule is Cc1cccc(-c2nc(NC(=O)[C@H]3Cc4cc(F)ccc4O3)n[nH]2)n1. The molecule has 3 aromatic rings. The second-order valence-corrected chi connectivity index (χ2v) is 5.72. The largest absolute Gasteiger partial charge is 0.480 e. The topological polar surface area (TPSA) is 92.8 Å². The Hall–Kier alpha value is -3.29. The summed E-state index contributed by atoms with van der Waals surface area (Å²) >= 11 is 0. The second kappa shape index (κ2) is 5.97. The molecule has 1 aliphatic heterocycles. The number of nitrogens with one attached hydrogen (secondary N) is 2. The minimum atomic E-state index is -0.740. The maximum Gasteiger partial charge on any atom is 0.268 e. The number of aryl methyl sites for hydroxylation is 1. The fourth-order valence-electron chi connectivity index (χ4n) is 2.66. The van der Waals surface area contributed by atoms with Gasteiger partial charge in [0.15, 0.2) is 11.9 Å². The van der Waals surface area contributed by atoms with Gasteiger partial charge in [-0.3, -0.25) is 15.2 Å². The number of pyridine rings is 1. The number of H-pyrrole nitrogens is 1. The molecule has 0 radical (unpaired) electrons. The number of amides is 1. The summed E-state index contributed by atoms with van der Waals surface area (Å²) < 4.78 is 18.8. The Kier molecular flexibility index (Phi) is 3.64. The first-order valence-electron chi connectivity index (χ1n) is 7.71. The van der Waals surface area contributed by atoms with Crippen LogP contribution < -0.4 is 10.1 Å². The molecule has 8 heteroatoms. The van der Waals surface area contributed by atoms with Crippen molar-refractivity contribution >= 4 is 11.9 Å². The molecule has 0 bridgehead atoms. The van der Waals surface area contributed by atoms with Crippen molar-refractivity contribution in [2.45, 2.75) is 19.4 Å². The lowest BCUT2D eigenvalue weighted by molar-refractivity contribution is -0.122. The summed E-state index contributed by atoms with van der Waals surface area (Å²) in [5, 5.41) is 9.31. The van der Waals surface area contributed by atoms with Crippen molar-refractivity contribution < 1.29 is 13.9 Å². The first-order chi connectivity index (χ1) is 12.1. The van der Waals surface area contributed by atoms with Crippen molar-refractivity contribution in [2.24, 2.45) is 0 Å². The summed E-state index contributed by atoms with van der Waals surface area (Å²) in [6.07, 6.45) is -0.439. The maximum absolute atomic E-state index is 13.2. The first kappa shape index (κ1) is 15.3. The van der Waals surface area contributed by atoms with Crippen LogP contribution in [0.2, 0.25) is 0 Å². The van der Waals surface area contributed by atoms with Crippen LogP contribution in [0.1, 0.15) is 11.3 Å². The number of nitrogens with zero attached hydrogens (tertiary/aromatic N) is 3. The van der Waals surface area contributed by atoms with Gasteiger partial charge in [-0.15, -0.1) is 5.10 Å². The summed E-state index contributed by atoms with van der Waals surface area (Å²) in [6, 6.07) is 9.73. The number of hydrogen-bond acceptors (Lipinski definition) is 5. The molecule has 0 saturated carbocycles. The highest BCUT2D eigenvalue weighted by molar-refractivity contribution is 5.93. The molecule has 2 N–H and O–H groups in total. The van der Waals surface area contributed by atoms with Crippen LogP contribution in [0.5, 0.6) is 5.75 Å². The fourth-order valence-corrected chi connectivity index (χ4v) is 2.66. The zero-order valence-electron chi connectivity index (χ0n) is 13.3. The minimum Gasteiger partial charge on any atom is -0.480 e. The lowest BCUT2D eigenvalue weighted by Gasteiger charge is -2.08. The third-order valence-electron chi connectivity index (χ3n) is 3.84. The average Bonchev–Trinajstić information content (AvgIpc) is 3.21. The molecule has 0 aliphatic carbocycles. The number of hydrogen-bond donors (Lipinski definition) is 2. The van der Waals surface area contributed by atoms with Gasteiger partial charge in [0.05, 0.1) is 0 Å². The van der Waals surface area contributed by atoms with Crippen LogP contribution in [0.3, 0.4) is 0 Å². The summed E-state index contributed by atoms with van der Waals surface area (Å²) in [4.78, 5) is 20.9. The maximum atomic E-state index is 13.2. The second-order valence-electron chi connectivity index (χ2n) is 5.72. The monoisotopic (exact) mass is 339 g/mol. The molecule has 1 aromatic carbocycles. The van der Waals surface area contributed by atoms with Gasteiger partial charge in [0, 0.05) is 17.7 Å². The highest BCUT2D eigenvalue weighted by atomic mass is 19.1. The van der Waals surface area contributed by atoms with Crippen molar-refractivity contribution in [2.75, 3.05) is 5.32 Å². The van der Waals surface area contributed by atoms with Crippen LogP contribution >= 0.6 is 0 Å². The lowest BCUT2D eigenvalue weighted by Crippen LogP contribution is -2.31. The normalized spacial score (nSPS) is 15.5.